The van der Waals surface area contributed by atoms with Gasteiger partial charge in [-0.15, -0.1) is 11.3 Å². The fraction of sp³-hybridized carbons (Fsp3) is 0.167. The van der Waals surface area contributed by atoms with Crippen LogP contribution in [0.3, 0.4) is 0 Å². The van der Waals surface area contributed by atoms with Crippen molar-refractivity contribution in [3.8, 4) is 0 Å². The largest absolute Gasteiger partial charge is 0.467 e. The minimum atomic E-state index is 0.633. The highest BCUT2D eigenvalue weighted by atomic mass is 32.1. The van der Waals surface area contributed by atoms with Crippen molar-refractivity contribution in [3.05, 3.63) is 41.4 Å². The summed E-state index contributed by atoms with van der Waals surface area (Å²) in [5, 5.41) is 4.34. The minimum Gasteiger partial charge on any atom is -0.467 e. The van der Waals surface area contributed by atoms with E-state index in [4.69, 9.17) is 4.42 Å². The first-order chi connectivity index (χ1) is 8.33. The summed E-state index contributed by atoms with van der Waals surface area (Å²) < 4.78 is 5.27. The van der Waals surface area contributed by atoms with E-state index in [0.29, 0.717) is 6.54 Å². The van der Waals surface area contributed by atoms with Crippen LogP contribution >= 0.6 is 11.3 Å². The Labute approximate surface area is 102 Å². The highest BCUT2D eigenvalue weighted by Gasteiger charge is 2.06. The summed E-state index contributed by atoms with van der Waals surface area (Å²) in [6.07, 6.45) is 3.25. The molecule has 0 atom stereocenters. The van der Waals surface area contributed by atoms with Crippen molar-refractivity contribution in [1.82, 2.24) is 9.97 Å². The minimum absolute atomic E-state index is 0.633. The third kappa shape index (κ3) is 2.01. The fourth-order valence-electron chi connectivity index (χ4n) is 1.70. The maximum Gasteiger partial charge on any atom is 0.138 e. The maximum absolute atomic E-state index is 5.27. The normalized spacial score (nSPS) is 10.9. The molecule has 3 heterocycles. The van der Waals surface area contributed by atoms with Gasteiger partial charge in [-0.05, 0) is 25.1 Å². The number of rotatable bonds is 3. The third-order valence-electron chi connectivity index (χ3n) is 2.46. The lowest BCUT2D eigenvalue weighted by Gasteiger charge is -2.03. The van der Waals surface area contributed by atoms with Crippen LogP contribution in [0.5, 0.6) is 0 Å². The summed E-state index contributed by atoms with van der Waals surface area (Å²) in [6, 6.07) is 5.91. The Morgan fingerprint density at radius 1 is 1.41 bits per heavy atom. The summed E-state index contributed by atoms with van der Waals surface area (Å²) >= 11 is 1.68. The van der Waals surface area contributed by atoms with Gasteiger partial charge >= 0.3 is 0 Å². The lowest BCUT2D eigenvalue weighted by Crippen LogP contribution is -2.00. The van der Waals surface area contributed by atoms with Crippen LogP contribution < -0.4 is 5.32 Å². The van der Waals surface area contributed by atoms with Gasteiger partial charge in [-0.1, -0.05) is 0 Å². The number of hydrogen-bond acceptors (Lipinski definition) is 5. The number of fused-ring (bicyclic) bond motifs is 1. The molecule has 0 amide bonds. The standard InChI is InChI=1S/C12H11N3OS/c1-8-5-10-11(14-7-15-12(10)17-8)13-6-9-3-2-4-16-9/h2-5,7H,6H2,1H3,(H,13,14,15). The van der Waals surface area contributed by atoms with Crippen LogP contribution in [0, 0.1) is 6.92 Å². The molecule has 0 aliphatic carbocycles. The van der Waals surface area contributed by atoms with Crippen LogP contribution in [-0.2, 0) is 6.54 Å². The van der Waals surface area contributed by atoms with Crippen LogP contribution in [0.1, 0.15) is 10.6 Å². The van der Waals surface area contributed by atoms with E-state index in [9.17, 15) is 0 Å². The average Bonchev–Trinajstić information content (AvgIpc) is 2.93. The van der Waals surface area contributed by atoms with Crippen molar-refractivity contribution in [3.63, 3.8) is 0 Å². The smallest absolute Gasteiger partial charge is 0.138 e. The molecule has 5 heteroatoms. The summed E-state index contributed by atoms with van der Waals surface area (Å²) in [6.45, 7) is 2.71. The van der Waals surface area contributed by atoms with Gasteiger partial charge in [0, 0.05) is 4.88 Å². The zero-order valence-electron chi connectivity index (χ0n) is 9.30. The van der Waals surface area contributed by atoms with E-state index in [1.807, 2.05) is 12.1 Å². The molecule has 0 fully saturated rings. The molecule has 0 radical (unpaired) electrons. The molecule has 0 saturated carbocycles. The number of furan rings is 1. The molecule has 0 spiro atoms. The Balaban J connectivity index is 1.89. The molecule has 1 N–H and O–H groups in total. The second kappa shape index (κ2) is 4.18. The van der Waals surface area contributed by atoms with E-state index in [-0.39, 0.29) is 0 Å². The van der Waals surface area contributed by atoms with Crippen LogP contribution in [-0.4, -0.2) is 9.97 Å². The van der Waals surface area contributed by atoms with Gasteiger partial charge in [0.05, 0.1) is 18.2 Å². The van der Waals surface area contributed by atoms with Gasteiger partial charge in [-0.3, -0.25) is 0 Å². The molecule has 3 rings (SSSR count). The zero-order valence-corrected chi connectivity index (χ0v) is 10.1. The highest BCUT2D eigenvalue weighted by molar-refractivity contribution is 7.18. The molecule has 0 aromatic carbocycles. The van der Waals surface area contributed by atoms with E-state index < -0.39 is 0 Å². The van der Waals surface area contributed by atoms with Gasteiger partial charge in [0.2, 0.25) is 0 Å². The third-order valence-corrected chi connectivity index (χ3v) is 3.42. The predicted octanol–water partition coefficient (Wildman–Crippen LogP) is 3.20. The summed E-state index contributed by atoms with van der Waals surface area (Å²) in [5.74, 6) is 1.75. The molecule has 17 heavy (non-hydrogen) atoms. The number of thiophene rings is 1. The van der Waals surface area contributed by atoms with E-state index in [1.165, 1.54) is 4.88 Å². The van der Waals surface area contributed by atoms with Crippen LogP contribution in [0.2, 0.25) is 0 Å². The lowest BCUT2D eigenvalue weighted by atomic mass is 10.3. The first-order valence-corrected chi connectivity index (χ1v) is 6.12. The average molecular weight is 245 g/mol. The second-order valence-electron chi connectivity index (χ2n) is 3.73. The Morgan fingerprint density at radius 2 is 2.35 bits per heavy atom. The predicted molar refractivity (Wildman–Crippen MR) is 68.2 cm³/mol. The van der Waals surface area contributed by atoms with Crippen molar-refractivity contribution in [2.24, 2.45) is 0 Å². The zero-order chi connectivity index (χ0) is 11.7. The van der Waals surface area contributed by atoms with Crippen LogP contribution in [0.4, 0.5) is 5.82 Å². The van der Waals surface area contributed by atoms with Crippen LogP contribution in [0.25, 0.3) is 10.2 Å². The lowest BCUT2D eigenvalue weighted by molar-refractivity contribution is 0.518. The molecule has 3 aromatic heterocycles. The molecule has 4 nitrogen and oxygen atoms in total. The molecular formula is C12H11N3OS. The van der Waals surface area contributed by atoms with Gasteiger partial charge < -0.3 is 9.73 Å². The molecule has 0 bridgehead atoms. The topological polar surface area (TPSA) is 51.0 Å². The van der Waals surface area contributed by atoms with Gasteiger partial charge in [0.25, 0.3) is 0 Å². The molecule has 0 unspecified atom stereocenters. The highest BCUT2D eigenvalue weighted by Crippen LogP contribution is 2.27. The number of anilines is 1. The van der Waals surface area contributed by atoms with E-state index in [0.717, 1.165) is 21.8 Å². The molecule has 0 aliphatic rings. The number of aryl methyl sites for hydroxylation is 1. The molecular weight excluding hydrogens is 234 g/mol. The van der Waals surface area contributed by atoms with Gasteiger partial charge in [-0.2, -0.15) is 0 Å². The second-order valence-corrected chi connectivity index (χ2v) is 4.97. The number of nitrogens with zero attached hydrogens (tertiary/aromatic N) is 2. The van der Waals surface area contributed by atoms with Gasteiger partial charge in [-0.25, -0.2) is 9.97 Å². The van der Waals surface area contributed by atoms with Gasteiger partial charge in [0.15, 0.2) is 0 Å². The summed E-state index contributed by atoms with van der Waals surface area (Å²) in [4.78, 5) is 10.8. The van der Waals surface area contributed by atoms with E-state index in [2.05, 4.69) is 28.3 Å². The van der Waals surface area contributed by atoms with E-state index in [1.54, 1.807) is 23.9 Å². The summed E-state index contributed by atoms with van der Waals surface area (Å²) in [5.41, 5.74) is 0. The Bertz CT molecular complexity index is 630. The van der Waals surface area contributed by atoms with Crippen molar-refractivity contribution in [2.75, 3.05) is 5.32 Å². The molecule has 3 aromatic rings. The fourth-order valence-corrected chi connectivity index (χ4v) is 2.55. The van der Waals surface area contributed by atoms with Gasteiger partial charge in [0.1, 0.15) is 22.7 Å². The van der Waals surface area contributed by atoms with E-state index >= 15 is 0 Å². The Kier molecular flexibility index (Phi) is 2.53. The summed E-state index contributed by atoms with van der Waals surface area (Å²) in [7, 11) is 0. The Hall–Kier alpha value is -1.88. The first-order valence-electron chi connectivity index (χ1n) is 5.30. The Morgan fingerprint density at radius 3 is 3.18 bits per heavy atom. The maximum atomic E-state index is 5.27. The van der Waals surface area contributed by atoms with Crippen molar-refractivity contribution in [1.29, 1.82) is 0 Å². The van der Waals surface area contributed by atoms with Crippen molar-refractivity contribution < 1.29 is 4.42 Å². The number of aromatic nitrogens is 2. The SMILES string of the molecule is Cc1cc2c(NCc3ccco3)ncnc2s1. The molecule has 0 saturated heterocycles. The first kappa shape index (κ1) is 10.3. The quantitative estimate of drug-likeness (QED) is 0.769. The van der Waals surface area contributed by atoms with Crippen LogP contribution in [0.15, 0.2) is 35.2 Å². The monoisotopic (exact) mass is 245 g/mol. The molecule has 0 aliphatic heterocycles. The number of nitrogens with one attached hydrogen (secondary N) is 1. The van der Waals surface area contributed by atoms with Crippen molar-refractivity contribution in [2.45, 2.75) is 13.5 Å². The molecule has 86 valence electrons. The number of hydrogen-bond donors (Lipinski definition) is 1. The van der Waals surface area contributed by atoms with Crippen molar-refractivity contribution >= 4 is 27.4 Å².